The molecule has 0 saturated carbocycles. The number of carbonyl (C=O) groups is 3. The Morgan fingerprint density at radius 2 is 1.90 bits per heavy atom. The van der Waals surface area contributed by atoms with Gasteiger partial charge in [0.05, 0.1) is 11.3 Å². The number of rotatable bonds is 6. The standard InChI is InChI=1S/C15H20O6/c1-10(2)13(18)20-8-9-21-14(19)15(3)7-5-4-6-11(15)12(16)17/h4-5,11H,1,6-9H2,2-3H3,(H,16,17). The van der Waals surface area contributed by atoms with Crippen molar-refractivity contribution in [2.24, 2.45) is 11.3 Å². The predicted molar refractivity (Wildman–Crippen MR) is 74.3 cm³/mol. The minimum Gasteiger partial charge on any atom is -0.481 e. The summed E-state index contributed by atoms with van der Waals surface area (Å²) in [5.74, 6) is -2.98. The van der Waals surface area contributed by atoms with E-state index in [1.54, 1.807) is 19.1 Å². The third-order valence-corrected chi connectivity index (χ3v) is 3.51. The van der Waals surface area contributed by atoms with Crippen LogP contribution >= 0.6 is 0 Å². The summed E-state index contributed by atoms with van der Waals surface area (Å²) in [6.07, 6.45) is 4.14. The molecule has 0 amide bonds. The highest BCUT2D eigenvalue weighted by Gasteiger charge is 2.46. The van der Waals surface area contributed by atoms with Crippen LogP contribution < -0.4 is 0 Å². The zero-order valence-corrected chi connectivity index (χ0v) is 12.3. The summed E-state index contributed by atoms with van der Waals surface area (Å²) >= 11 is 0. The van der Waals surface area contributed by atoms with Gasteiger partial charge in [0.15, 0.2) is 0 Å². The van der Waals surface area contributed by atoms with Crippen LogP contribution in [0, 0.1) is 11.3 Å². The first kappa shape index (κ1) is 16.9. The van der Waals surface area contributed by atoms with Crippen LogP contribution in [-0.4, -0.2) is 36.2 Å². The first-order valence-corrected chi connectivity index (χ1v) is 6.66. The van der Waals surface area contributed by atoms with Crippen LogP contribution in [0.4, 0.5) is 0 Å². The molecule has 0 bridgehead atoms. The van der Waals surface area contributed by atoms with Crippen molar-refractivity contribution in [3.05, 3.63) is 24.3 Å². The summed E-state index contributed by atoms with van der Waals surface area (Å²) in [6, 6.07) is 0. The largest absolute Gasteiger partial charge is 0.481 e. The zero-order valence-electron chi connectivity index (χ0n) is 12.3. The number of allylic oxidation sites excluding steroid dienone is 2. The highest BCUT2D eigenvalue weighted by atomic mass is 16.6. The van der Waals surface area contributed by atoms with Crippen molar-refractivity contribution in [3.8, 4) is 0 Å². The van der Waals surface area contributed by atoms with E-state index in [0.717, 1.165) is 0 Å². The van der Waals surface area contributed by atoms with E-state index in [2.05, 4.69) is 6.58 Å². The van der Waals surface area contributed by atoms with Crippen LogP contribution in [-0.2, 0) is 23.9 Å². The molecule has 0 heterocycles. The Bertz CT molecular complexity index is 479. The predicted octanol–water partition coefficient (Wildman–Crippen LogP) is 1.71. The van der Waals surface area contributed by atoms with Crippen molar-refractivity contribution < 1.29 is 29.0 Å². The Morgan fingerprint density at radius 3 is 2.48 bits per heavy atom. The second-order valence-electron chi connectivity index (χ2n) is 5.27. The third kappa shape index (κ3) is 4.18. The Morgan fingerprint density at radius 1 is 1.29 bits per heavy atom. The fourth-order valence-corrected chi connectivity index (χ4v) is 2.12. The van der Waals surface area contributed by atoms with Gasteiger partial charge in [-0.25, -0.2) is 4.79 Å². The van der Waals surface area contributed by atoms with Gasteiger partial charge in [-0.15, -0.1) is 0 Å². The molecule has 21 heavy (non-hydrogen) atoms. The van der Waals surface area contributed by atoms with Crippen LogP contribution in [0.1, 0.15) is 26.7 Å². The van der Waals surface area contributed by atoms with Gasteiger partial charge in [-0.2, -0.15) is 0 Å². The second-order valence-corrected chi connectivity index (χ2v) is 5.27. The average Bonchev–Trinajstić information content (AvgIpc) is 2.42. The van der Waals surface area contributed by atoms with E-state index in [0.29, 0.717) is 12.8 Å². The number of hydrogen-bond donors (Lipinski definition) is 1. The smallest absolute Gasteiger partial charge is 0.333 e. The van der Waals surface area contributed by atoms with Gasteiger partial charge >= 0.3 is 17.9 Å². The van der Waals surface area contributed by atoms with Crippen molar-refractivity contribution in [1.29, 1.82) is 0 Å². The maximum absolute atomic E-state index is 12.1. The number of carboxylic acids is 1. The number of carbonyl (C=O) groups excluding carboxylic acids is 2. The molecule has 1 rings (SSSR count). The molecule has 0 fully saturated rings. The maximum Gasteiger partial charge on any atom is 0.333 e. The fourth-order valence-electron chi connectivity index (χ4n) is 2.12. The molecular formula is C15H20O6. The molecule has 0 aromatic rings. The molecule has 0 aliphatic heterocycles. The minimum atomic E-state index is -1.10. The average molecular weight is 296 g/mol. The summed E-state index contributed by atoms with van der Waals surface area (Å²) in [5, 5.41) is 9.21. The van der Waals surface area contributed by atoms with Gasteiger partial charge in [0.2, 0.25) is 0 Å². The SMILES string of the molecule is C=C(C)C(=O)OCCOC(=O)C1(C)CC=CCC1C(=O)O. The number of aliphatic carboxylic acids is 1. The summed E-state index contributed by atoms with van der Waals surface area (Å²) in [4.78, 5) is 34.5. The number of hydrogen-bond acceptors (Lipinski definition) is 5. The van der Waals surface area contributed by atoms with Gasteiger partial charge in [-0.05, 0) is 26.7 Å². The van der Waals surface area contributed by atoms with E-state index in [1.165, 1.54) is 6.92 Å². The number of carboxylic acid groups (broad SMARTS) is 1. The summed E-state index contributed by atoms with van der Waals surface area (Å²) in [7, 11) is 0. The molecule has 0 radical (unpaired) electrons. The maximum atomic E-state index is 12.1. The molecule has 0 aromatic carbocycles. The lowest BCUT2D eigenvalue weighted by molar-refractivity contribution is -0.168. The van der Waals surface area contributed by atoms with E-state index >= 15 is 0 Å². The summed E-state index contributed by atoms with van der Waals surface area (Å²) < 4.78 is 9.85. The normalized spacial score (nSPS) is 24.2. The van der Waals surface area contributed by atoms with E-state index in [-0.39, 0.29) is 18.8 Å². The lowest BCUT2D eigenvalue weighted by Crippen LogP contribution is -2.42. The number of esters is 2. The van der Waals surface area contributed by atoms with Crippen molar-refractivity contribution in [3.63, 3.8) is 0 Å². The van der Waals surface area contributed by atoms with E-state index in [4.69, 9.17) is 9.47 Å². The third-order valence-electron chi connectivity index (χ3n) is 3.51. The zero-order chi connectivity index (χ0) is 16.0. The van der Waals surface area contributed by atoms with Crippen molar-refractivity contribution >= 4 is 17.9 Å². The molecule has 2 atom stereocenters. The molecule has 0 saturated heterocycles. The molecule has 1 aliphatic rings. The van der Waals surface area contributed by atoms with Gasteiger partial charge in [0.1, 0.15) is 13.2 Å². The van der Waals surface area contributed by atoms with Crippen molar-refractivity contribution in [2.45, 2.75) is 26.7 Å². The topological polar surface area (TPSA) is 89.9 Å². The van der Waals surface area contributed by atoms with E-state index in [9.17, 15) is 19.5 Å². The Balaban J connectivity index is 2.53. The van der Waals surface area contributed by atoms with E-state index in [1.807, 2.05) is 0 Å². The molecule has 0 spiro atoms. The first-order chi connectivity index (χ1) is 9.79. The number of ether oxygens (including phenoxy) is 2. The Labute approximate surface area is 123 Å². The fraction of sp³-hybridized carbons (Fsp3) is 0.533. The molecule has 1 aliphatic carbocycles. The molecule has 6 heteroatoms. The van der Waals surface area contributed by atoms with Crippen LogP contribution in [0.25, 0.3) is 0 Å². The van der Waals surface area contributed by atoms with Crippen molar-refractivity contribution in [1.82, 2.24) is 0 Å². The van der Waals surface area contributed by atoms with Gasteiger partial charge < -0.3 is 14.6 Å². The molecule has 0 aromatic heterocycles. The molecule has 1 N–H and O–H groups in total. The highest BCUT2D eigenvalue weighted by Crippen LogP contribution is 2.39. The van der Waals surface area contributed by atoms with E-state index < -0.39 is 29.2 Å². The highest BCUT2D eigenvalue weighted by molar-refractivity contribution is 5.87. The monoisotopic (exact) mass is 296 g/mol. The van der Waals surface area contributed by atoms with Gasteiger partial charge in [-0.3, -0.25) is 9.59 Å². The van der Waals surface area contributed by atoms with Gasteiger partial charge in [-0.1, -0.05) is 18.7 Å². The molecular weight excluding hydrogens is 276 g/mol. The first-order valence-electron chi connectivity index (χ1n) is 6.66. The van der Waals surface area contributed by atoms with Crippen molar-refractivity contribution in [2.75, 3.05) is 13.2 Å². The van der Waals surface area contributed by atoms with Crippen LogP contribution in [0.3, 0.4) is 0 Å². The Hall–Kier alpha value is -2.11. The minimum absolute atomic E-state index is 0.0823. The van der Waals surface area contributed by atoms with Crippen LogP contribution in [0.5, 0.6) is 0 Å². The quantitative estimate of drug-likeness (QED) is 0.347. The molecule has 116 valence electrons. The van der Waals surface area contributed by atoms with Crippen LogP contribution in [0.15, 0.2) is 24.3 Å². The summed E-state index contributed by atoms with van der Waals surface area (Å²) in [6.45, 7) is 6.33. The summed E-state index contributed by atoms with van der Waals surface area (Å²) in [5.41, 5.74) is -0.837. The van der Waals surface area contributed by atoms with Gasteiger partial charge in [0, 0.05) is 5.57 Å². The van der Waals surface area contributed by atoms with Gasteiger partial charge in [0.25, 0.3) is 0 Å². The lowest BCUT2D eigenvalue weighted by atomic mass is 9.70. The molecule has 6 nitrogen and oxygen atoms in total. The lowest BCUT2D eigenvalue weighted by Gasteiger charge is -2.33. The Kier molecular flexibility index (Phi) is 5.69. The van der Waals surface area contributed by atoms with Crippen LogP contribution in [0.2, 0.25) is 0 Å². The second kappa shape index (κ2) is 7.06. The molecule has 2 unspecified atom stereocenters.